The molecule has 0 radical (unpaired) electrons. The second-order valence-corrected chi connectivity index (χ2v) is 10.6. The lowest BCUT2D eigenvalue weighted by molar-refractivity contribution is -0.132. The predicted octanol–water partition coefficient (Wildman–Crippen LogP) is 4.87. The quantitative estimate of drug-likeness (QED) is 0.525. The number of benzene rings is 2. The molecule has 0 atom stereocenters. The Morgan fingerprint density at radius 3 is 2.51 bits per heavy atom. The summed E-state index contributed by atoms with van der Waals surface area (Å²) < 4.78 is 7.88. The normalized spacial score (nSPS) is 19.1. The zero-order valence-electron chi connectivity index (χ0n) is 19.8. The fourth-order valence-corrected chi connectivity index (χ4v) is 6.17. The number of rotatable bonds is 3. The van der Waals surface area contributed by atoms with Crippen molar-refractivity contribution in [3.05, 3.63) is 64.8 Å². The summed E-state index contributed by atoms with van der Waals surface area (Å²) in [5.41, 5.74) is 2.74. The number of carbonyl (C=O) groups is 2. The predicted molar refractivity (Wildman–Crippen MR) is 136 cm³/mol. The summed E-state index contributed by atoms with van der Waals surface area (Å²) in [4.78, 5) is 30.6. The second kappa shape index (κ2) is 8.90. The maximum Gasteiger partial charge on any atom is 0.256 e. The molecule has 2 saturated heterocycles. The third-order valence-corrected chi connectivity index (χ3v) is 8.29. The molecule has 3 aliphatic rings. The molecule has 3 aromatic rings. The largest absolute Gasteiger partial charge is 0.492 e. The van der Waals surface area contributed by atoms with Gasteiger partial charge in [0.05, 0.1) is 17.7 Å². The minimum absolute atomic E-state index is 0.00421. The van der Waals surface area contributed by atoms with Gasteiger partial charge in [-0.1, -0.05) is 35.9 Å². The molecular formula is C28H30ClN3O3. The van der Waals surface area contributed by atoms with Gasteiger partial charge in [-0.2, -0.15) is 0 Å². The van der Waals surface area contributed by atoms with Crippen LogP contribution in [0.15, 0.2) is 48.7 Å². The van der Waals surface area contributed by atoms with Crippen LogP contribution in [0.1, 0.15) is 48.0 Å². The second-order valence-electron chi connectivity index (χ2n) is 10.1. The van der Waals surface area contributed by atoms with Crippen molar-refractivity contribution >= 4 is 34.3 Å². The molecule has 6 nitrogen and oxygen atoms in total. The highest BCUT2D eigenvalue weighted by Gasteiger charge is 2.43. The zero-order valence-corrected chi connectivity index (χ0v) is 20.6. The van der Waals surface area contributed by atoms with Gasteiger partial charge < -0.3 is 19.1 Å². The van der Waals surface area contributed by atoms with Gasteiger partial charge in [0.15, 0.2) is 0 Å². The highest BCUT2D eigenvalue weighted by atomic mass is 35.5. The number of aromatic nitrogens is 1. The molecule has 2 aromatic carbocycles. The number of hydrogen-bond donors (Lipinski definition) is 0. The molecule has 182 valence electrons. The standard InChI is InChI=1S/C28H30ClN3O3/c29-20-8-9-21-22(17-32(24(21)16-20)18-26(33)30-12-4-1-5-13-30)27(34)31-14-10-28(11-15-31)19-35-25-7-3-2-6-23(25)28/h2-3,6-9,16-17H,1,4-5,10-15,18-19H2. The molecule has 7 heteroatoms. The topological polar surface area (TPSA) is 54.8 Å². The molecule has 35 heavy (non-hydrogen) atoms. The van der Waals surface area contributed by atoms with Crippen LogP contribution in [0.4, 0.5) is 0 Å². The summed E-state index contributed by atoms with van der Waals surface area (Å²) in [5, 5.41) is 1.45. The molecular weight excluding hydrogens is 462 g/mol. The Kier molecular flexibility index (Phi) is 5.72. The molecule has 2 amide bonds. The number of piperidine rings is 2. The van der Waals surface area contributed by atoms with Gasteiger partial charge in [-0.05, 0) is 50.3 Å². The van der Waals surface area contributed by atoms with Crippen LogP contribution in [0.25, 0.3) is 10.9 Å². The molecule has 0 aliphatic carbocycles. The molecule has 3 aliphatic heterocycles. The SMILES string of the molecule is O=C(Cn1cc(C(=O)N2CCC3(CC2)COc2ccccc23)c2ccc(Cl)cc21)N1CCCCC1. The number of amides is 2. The van der Waals surface area contributed by atoms with E-state index in [0.717, 1.165) is 55.4 Å². The van der Waals surface area contributed by atoms with E-state index in [1.807, 2.05) is 50.9 Å². The van der Waals surface area contributed by atoms with Crippen molar-refractivity contribution in [3.8, 4) is 5.75 Å². The third-order valence-electron chi connectivity index (χ3n) is 8.06. The fourth-order valence-electron chi connectivity index (χ4n) is 6.00. The monoisotopic (exact) mass is 491 g/mol. The smallest absolute Gasteiger partial charge is 0.256 e. The van der Waals surface area contributed by atoms with Gasteiger partial charge in [0.2, 0.25) is 5.91 Å². The van der Waals surface area contributed by atoms with E-state index < -0.39 is 0 Å². The highest BCUT2D eigenvalue weighted by Crippen LogP contribution is 2.45. The Hall–Kier alpha value is -2.99. The maximum absolute atomic E-state index is 13.7. The first-order valence-electron chi connectivity index (χ1n) is 12.6. The molecule has 0 bridgehead atoms. The van der Waals surface area contributed by atoms with Crippen molar-refractivity contribution in [1.29, 1.82) is 0 Å². The average molecular weight is 492 g/mol. The van der Waals surface area contributed by atoms with Crippen LogP contribution in [0.3, 0.4) is 0 Å². The number of carbonyl (C=O) groups excluding carboxylic acids is 2. The van der Waals surface area contributed by atoms with Gasteiger partial charge in [-0.15, -0.1) is 0 Å². The molecule has 4 heterocycles. The van der Waals surface area contributed by atoms with Crippen molar-refractivity contribution in [3.63, 3.8) is 0 Å². The molecule has 0 saturated carbocycles. The van der Waals surface area contributed by atoms with E-state index >= 15 is 0 Å². The summed E-state index contributed by atoms with van der Waals surface area (Å²) in [6.45, 7) is 3.90. The lowest BCUT2D eigenvalue weighted by Gasteiger charge is -2.38. The van der Waals surface area contributed by atoms with Crippen LogP contribution in [-0.4, -0.2) is 59.0 Å². The van der Waals surface area contributed by atoms with E-state index in [4.69, 9.17) is 16.3 Å². The number of nitrogens with zero attached hydrogens (tertiary/aromatic N) is 3. The first-order chi connectivity index (χ1) is 17.0. The van der Waals surface area contributed by atoms with Crippen molar-refractivity contribution in [2.45, 2.75) is 44.1 Å². The number of hydrogen-bond acceptors (Lipinski definition) is 3. The van der Waals surface area contributed by atoms with E-state index in [0.29, 0.717) is 30.3 Å². The van der Waals surface area contributed by atoms with Crippen LogP contribution in [0.5, 0.6) is 5.75 Å². The van der Waals surface area contributed by atoms with Crippen LogP contribution < -0.4 is 4.74 Å². The fraction of sp³-hybridized carbons (Fsp3) is 0.429. The number of fused-ring (bicyclic) bond motifs is 3. The molecule has 6 rings (SSSR count). The zero-order chi connectivity index (χ0) is 24.0. The van der Waals surface area contributed by atoms with Gasteiger partial charge >= 0.3 is 0 Å². The first-order valence-corrected chi connectivity index (χ1v) is 13.0. The van der Waals surface area contributed by atoms with E-state index in [9.17, 15) is 9.59 Å². The Morgan fingerprint density at radius 1 is 0.943 bits per heavy atom. The lowest BCUT2D eigenvalue weighted by atomic mass is 9.74. The number of halogens is 1. The Morgan fingerprint density at radius 2 is 1.71 bits per heavy atom. The molecule has 2 fully saturated rings. The average Bonchev–Trinajstić information content (AvgIpc) is 3.43. The van der Waals surface area contributed by atoms with Gasteiger partial charge in [0.1, 0.15) is 12.3 Å². The van der Waals surface area contributed by atoms with E-state index in [1.54, 1.807) is 0 Å². The van der Waals surface area contributed by atoms with E-state index in [-0.39, 0.29) is 23.8 Å². The Labute approximate surface area is 210 Å². The van der Waals surface area contributed by atoms with Crippen LogP contribution >= 0.6 is 11.6 Å². The van der Waals surface area contributed by atoms with Gasteiger partial charge in [-0.3, -0.25) is 9.59 Å². The lowest BCUT2D eigenvalue weighted by Crippen LogP contribution is -2.46. The van der Waals surface area contributed by atoms with E-state index in [2.05, 4.69) is 12.1 Å². The number of likely N-dealkylation sites (tertiary alicyclic amines) is 2. The summed E-state index contributed by atoms with van der Waals surface area (Å²) in [6, 6.07) is 13.8. The number of ether oxygens (including phenoxy) is 1. The first kappa shape index (κ1) is 22.5. The van der Waals surface area contributed by atoms with Crippen molar-refractivity contribution in [2.24, 2.45) is 0 Å². The Balaban J connectivity index is 1.24. The molecule has 0 unspecified atom stereocenters. The van der Waals surface area contributed by atoms with Gasteiger partial charge in [0, 0.05) is 53.8 Å². The maximum atomic E-state index is 13.7. The molecule has 1 spiro atoms. The summed E-state index contributed by atoms with van der Waals surface area (Å²) in [6.07, 6.45) is 6.91. The molecule has 0 N–H and O–H groups in total. The van der Waals surface area contributed by atoms with Gasteiger partial charge in [-0.25, -0.2) is 0 Å². The van der Waals surface area contributed by atoms with Crippen LogP contribution in [0.2, 0.25) is 5.02 Å². The van der Waals surface area contributed by atoms with Crippen molar-refractivity contribution in [2.75, 3.05) is 32.8 Å². The van der Waals surface area contributed by atoms with Crippen LogP contribution in [0, 0.1) is 0 Å². The summed E-state index contributed by atoms with van der Waals surface area (Å²) >= 11 is 6.31. The minimum atomic E-state index is -0.00421. The summed E-state index contributed by atoms with van der Waals surface area (Å²) in [7, 11) is 0. The van der Waals surface area contributed by atoms with Crippen molar-refractivity contribution < 1.29 is 14.3 Å². The van der Waals surface area contributed by atoms with Gasteiger partial charge in [0.25, 0.3) is 5.91 Å². The number of para-hydroxylation sites is 1. The van der Waals surface area contributed by atoms with Crippen molar-refractivity contribution in [1.82, 2.24) is 14.4 Å². The third kappa shape index (κ3) is 3.98. The molecule has 1 aromatic heterocycles. The Bertz CT molecular complexity index is 1290. The highest BCUT2D eigenvalue weighted by molar-refractivity contribution is 6.31. The van der Waals surface area contributed by atoms with Crippen LogP contribution in [-0.2, 0) is 16.8 Å². The summed E-state index contributed by atoms with van der Waals surface area (Å²) in [5.74, 6) is 1.09. The van der Waals surface area contributed by atoms with E-state index in [1.165, 1.54) is 12.0 Å². The minimum Gasteiger partial charge on any atom is -0.492 e.